The SMILES string of the molecule is CCn1nc(C)cc1C(OC(C)C(=O)O)=C(C#N)c1ccc([Si](C)(C)C)cc1. The number of aryl methyl sites for hydroxylation is 2. The molecule has 0 radical (unpaired) electrons. The molecule has 1 unspecified atom stereocenters. The first-order chi connectivity index (χ1) is 13.1. The minimum Gasteiger partial charge on any atom is -0.479 e. The minimum absolute atomic E-state index is 0.237. The van der Waals surface area contributed by atoms with Crippen molar-refractivity contribution in [2.75, 3.05) is 0 Å². The van der Waals surface area contributed by atoms with Gasteiger partial charge in [-0.05, 0) is 32.4 Å². The van der Waals surface area contributed by atoms with E-state index in [0.717, 1.165) is 5.69 Å². The van der Waals surface area contributed by atoms with Gasteiger partial charge in [0.05, 0.1) is 13.8 Å². The van der Waals surface area contributed by atoms with Gasteiger partial charge in [0.2, 0.25) is 0 Å². The highest BCUT2D eigenvalue weighted by Crippen LogP contribution is 2.29. The van der Waals surface area contributed by atoms with Crippen molar-refractivity contribution in [2.45, 2.75) is 53.1 Å². The Morgan fingerprint density at radius 2 is 1.93 bits per heavy atom. The van der Waals surface area contributed by atoms with E-state index in [1.54, 1.807) is 10.7 Å². The molecule has 1 atom stereocenters. The van der Waals surface area contributed by atoms with E-state index in [0.29, 0.717) is 23.4 Å². The van der Waals surface area contributed by atoms with Gasteiger partial charge in [0.1, 0.15) is 17.3 Å². The van der Waals surface area contributed by atoms with Gasteiger partial charge in [0.15, 0.2) is 11.9 Å². The zero-order chi connectivity index (χ0) is 21.1. The standard InChI is InChI=1S/C21H27N3O3Si/c1-7-24-19(12-14(2)23-24)20(27-15(3)21(25)26)18(13-22)16-8-10-17(11-9-16)28(4,5)6/h8-12,15H,7H2,1-6H3,(H,25,26). The number of hydrogen-bond donors (Lipinski definition) is 1. The monoisotopic (exact) mass is 397 g/mol. The van der Waals surface area contributed by atoms with Crippen LogP contribution in [-0.2, 0) is 16.1 Å². The summed E-state index contributed by atoms with van der Waals surface area (Å²) in [6.45, 7) is 12.6. The van der Waals surface area contributed by atoms with Crippen molar-refractivity contribution in [3.8, 4) is 6.07 Å². The van der Waals surface area contributed by atoms with Gasteiger partial charge in [-0.25, -0.2) is 4.79 Å². The molecule has 0 spiro atoms. The summed E-state index contributed by atoms with van der Waals surface area (Å²) in [7, 11) is -1.47. The quantitative estimate of drug-likeness (QED) is 0.438. The number of ether oxygens (including phenoxy) is 1. The van der Waals surface area contributed by atoms with Crippen molar-refractivity contribution in [3.05, 3.63) is 47.3 Å². The highest BCUT2D eigenvalue weighted by Gasteiger charge is 2.24. The third kappa shape index (κ3) is 4.70. The number of carbonyl (C=O) groups is 1. The van der Waals surface area contributed by atoms with Crippen LogP contribution in [0.3, 0.4) is 0 Å². The topological polar surface area (TPSA) is 88.1 Å². The molecule has 0 amide bonds. The molecule has 28 heavy (non-hydrogen) atoms. The van der Waals surface area contributed by atoms with Crippen LogP contribution < -0.4 is 5.19 Å². The number of carboxylic acid groups (broad SMARTS) is 1. The van der Waals surface area contributed by atoms with E-state index in [1.807, 2.05) is 38.1 Å². The molecule has 1 N–H and O–H groups in total. The number of carboxylic acids is 1. The van der Waals surface area contributed by atoms with Crippen molar-refractivity contribution in [1.29, 1.82) is 5.26 Å². The van der Waals surface area contributed by atoms with E-state index >= 15 is 0 Å². The van der Waals surface area contributed by atoms with E-state index in [-0.39, 0.29) is 5.76 Å². The van der Waals surface area contributed by atoms with Crippen LogP contribution in [0.4, 0.5) is 0 Å². The Kier molecular flexibility index (Phi) is 6.47. The summed E-state index contributed by atoms with van der Waals surface area (Å²) < 4.78 is 7.48. The lowest BCUT2D eigenvalue weighted by Crippen LogP contribution is -2.37. The van der Waals surface area contributed by atoms with Crippen molar-refractivity contribution in [2.24, 2.45) is 0 Å². The number of allylic oxidation sites excluding steroid dienone is 1. The molecule has 0 aliphatic rings. The Hall–Kier alpha value is -2.85. The molecule has 2 aromatic rings. The maximum atomic E-state index is 11.4. The first kappa shape index (κ1) is 21.4. The van der Waals surface area contributed by atoms with Crippen LogP contribution in [0.15, 0.2) is 30.3 Å². The van der Waals surface area contributed by atoms with Crippen LogP contribution in [0.5, 0.6) is 0 Å². The number of hydrogen-bond acceptors (Lipinski definition) is 4. The van der Waals surface area contributed by atoms with E-state index in [1.165, 1.54) is 12.1 Å². The first-order valence-corrected chi connectivity index (χ1v) is 12.8. The van der Waals surface area contributed by atoms with Crippen LogP contribution in [-0.4, -0.2) is 35.0 Å². The number of aromatic nitrogens is 2. The molecular formula is C21H27N3O3Si. The second kappa shape index (κ2) is 8.44. The molecule has 2 rings (SSSR count). The van der Waals surface area contributed by atoms with Crippen molar-refractivity contribution >= 4 is 30.6 Å². The van der Waals surface area contributed by atoms with Gasteiger partial charge in [-0.2, -0.15) is 10.4 Å². The zero-order valence-corrected chi connectivity index (χ0v) is 18.3. The smallest absolute Gasteiger partial charge is 0.344 e. The van der Waals surface area contributed by atoms with Gasteiger partial charge in [-0.15, -0.1) is 0 Å². The predicted octanol–water partition coefficient (Wildman–Crippen LogP) is 3.64. The first-order valence-electron chi connectivity index (χ1n) is 9.28. The fraction of sp³-hybridized carbons (Fsp3) is 0.381. The summed E-state index contributed by atoms with van der Waals surface area (Å²) in [4.78, 5) is 11.4. The molecule has 1 aromatic carbocycles. The second-order valence-corrected chi connectivity index (χ2v) is 12.8. The molecule has 0 bridgehead atoms. The van der Waals surface area contributed by atoms with Gasteiger partial charge in [-0.1, -0.05) is 49.1 Å². The molecule has 0 aliphatic heterocycles. The maximum Gasteiger partial charge on any atom is 0.344 e. The predicted molar refractivity (Wildman–Crippen MR) is 113 cm³/mol. The number of rotatable bonds is 7. The third-order valence-corrected chi connectivity index (χ3v) is 6.52. The number of nitrogens with zero attached hydrogens (tertiary/aromatic N) is 3. The Morgan fingerprint density at radius 1 is 1.32 bits per heavy atom. The maximum absolute atomic E-state index is 11.4. The molecule has 0 fully saturated rings. The molecule has 0 saturated heterocycles. The van der Waals surface area contributed by atoms with Gasteiger partial charge in [-0.3, -0.25) is 4.68 Å². The Bertz CT molecular complexity index is 931. The van der Waals surface area contributed by atoms with Gasteiger partial charge >= 0.3 is 5.97 Å². The summed E-state index contributed by atoms with van der Waals surface area (Å²) in [6, 6.07) is 11.9. The van der Waals surface area contributed by atoms with E-state index < -0.39 is 20.1 Å². The van der Waals surface area contributed by atoms with Gasteiger partial charge < -0.3 is 9.84 Å². The summed E-state index contributed by atoms with van der Waals surface area (Å²) >= 11 is 0. The van der Waals surface area contributed by atoms with Crippen LogP contribution in [0.1, 0.15) is 30.8 Å². The van der Waals surface area contributed by atoms with Crippen molar-refractivity contribution < 1.29 is 14.6 Å². The minimum atomic E-state index is -1.47. The molecule has 148 valence electrons. The molecule has 7 heteroatoms. The fourth-order valence-corrected chi connectivity index (χ4v) is 3.99. The fourth-order valence-electron chi connectivity index (χ4n) is 2.83. The van der Waals surface area contributed by atoms with Crippen molar-refractivity contribution in [1.82, 2.24) is 9.78 Å². The summed E-state index contributed by atoms with van der Waals surface area (Å²) in [5.41, 5.74) is 2.36. The van der Waals surface area contributed by atoms with E-state index in [9.17, 15) is 15.2 Å². The lowest BCUT2D eigenvalue weighted by Gasteiger charge is -2.19. The van der Waals surface area contributed by atoms with Gasteiger partial charge in [0, 0.05) is 6.54 Å². The summed E-state index contributed by atoms with van der Waals surface area (Å²) in [6.07, 6.45) is -1.10. The molecule has 1 heterocycles. The largest absolute Gasteiger partial charge is 0.479 e. The molecule has 0 saturated carbocycles. The third-order valence-electron chi connectivity index (χ3n) is 4.46. The average Bonchev–Trinajstić information content (AvgIpc) is 3.01. The van der Waals surface area contributed by atoms with E-state index in [4.69, 9.17) is 4.74 Å². The highest BCUT2D eigenvalue weighted by atomic mass is 28.3. The van der Waals surface area contributed by atoms with Gasteiger partial charge in [0.25, 0.3) is 0 Å². The highest BCUT2D eigenvalue weighted by molar-refractivity contribution is 6.88. The van der Waals surface area contributed by atoms with Crippen LogP contribution in [0, 0.1) is 18.3 Å². The Labute approximate surface area is 167 Å². The lowest BCUT2D eigenvalue weighted by molar-refractivity contribution is -0.145. The normalized spacial score (nSPS) is 13.5. The van der Waals surface area contributed by atoms with Crippen LogP contribution in [0.25, 0.3) is 11.3 Å². The molecule has 1 aromatic heterocycles. The molecule has 0 aliphatic carbocycles. The lowest BCUT2D eigenvalue weighted by atomic mass is 10.0. The number of aliphatic carboxylic acids is 1. The Morgan fingerprint density at radius 3 is 2.39 bits per heavy atom. The summed E-state index contributed by atoms with van der Waals surface area (Å²) in [5.74, 6) is -0.858. The molecular weight excluding hydrogens is 370 g/mol. The molecule has 6 nitrogen and oxygen atoms in total. The summed E-state index contributed by atoms with van der Waals surface area (Å²) in [5, 5.41) is 24.9. The average molecular weight is 398 g/mol. The number of nitriles is 1. The second-order valence-electron chi connectivity index (χ2n) is 7.73. The van der Waals surface area contributed by atoms with E-state index in [2.05, 4.69) is 30.8 Å². The van der Waals surface area contributed by atoms with Crippen molar-refractivity contribution in [3.63, 3.8) is 0 Å². The van der Waals surface area contributed by atoms with Crippen LogP contribution in [0.2, 0.25) is 19.6 Å². The number of benzene rings is 1. The Balaban J connectivity index is 2.67. The van der Waals surface area contributed by atoms with Crippen LogP contribution >= 0.6 is 0 Å². The zero-order valence-electron chi connectivity index (χ0n) is 17.3.